The molecule has 31 heavy (non-hydrogen) atoms. The van der Waals surface area contributed by atoms with Crippen LogP contribution in [0.25, 0.3) is 5.69 Å². The molecule has 0 unspecified atom stereocenters. The summed E-state index contributed by atoms with van der Waals surface area (Å²) in [6.07, 6.45) is 0.314. The number of anilines is 1. The van der Waals surface area contributed by atoms with Crippen LogP contribution in [-0.2, 0) is 11.2 Å². The first-order chi connectivity index (χ1) is 14.8. The van der Waals surface area contributed by atoms with Crippen LogP contribution in [0.4, 0.5) is 5.69 Å². The molecular weight excluding hydrogens is 390 g/mol. The highest BCUT2D eigenvalue weighted by molar-refractivity contribution is 6.05. The Labute approximate surface area is 183 Å². The topological polar surface area (TPSA) is 72.4 Å². The van der Waals surface area contributed by atoms with Crippen molar-refractivity contribution in [2.45, 2.75) is 40.2 Å². The van der Waals surface area contributed by atoms with Crippen molar-refractivity contribution in [2.75, 3.05) is 12.4 Å². The van der Waals surface area contributed by atoms with Crippen LogP contribution < -0.4 is 15.4 Å². The molecule has 1 heterocycles. The molecule has 0 bridgehead atoms. The second-order valence-electron chi connectivity index (χ2n) is 7.87. The third-order valence-corrected chi connectivity index (χ3v) is 5.01. The van der Waals surface area contributed by atoms with Crippen LogP contribution in [-0.4, -0.2) is 29.5 Å². The van der Waals surface area contributed by atoms with E-state index in [0.29, 0.717) is 17.7 Å². The minimum absolute atomic E-state index is 0.0169. The fourth-order valence-electron chi connectivity index (χ4n) is 3.60. The zero-order valence-corrected chi connectivity index (χ0v) is 18.7. The predicted molar refractivity (Wildman–Crippen MR) is 123 cm³/mol. The van der Waals surface area contributed by atoms with Crippen molar-refractivity contribution in [3.05, 3.63) is 77.1 Å². The molecule has 6 nitrogen and oxygen atoms in total. The summed E-state index contributed by atoms with van der Waals surface area (Å²) in [6, 6.07) is 17.1. The molecule has 2 N–H and O–H groups in total. The Balaban J connectivity index is 1.74. The van der Waals surface area contributed by atoms with Gasteiger partial charge in [-0.05, 0) is 63.6 Å². The monoisotopic (exact) mass is 419 g/mol. The summed E-state index contributed by atoms with van der Waals surface area (Å²) in [5.74, 6) is 0.572. The number of amides is 2. The van der Waals surface area contributed by atoms with E-state index in [0.717, 1.165) is 28.4 Å². The first kappa shape index (κ1) is 22.2. The van der Waals surface area contributed by atoms with Gasteiger partial charge in [0.15, 0.2) is 0 Å². The minimum Gasteiger partial charge on any atom is -0.497 e. The summed E-state index contributed by atoms with van der Waals surface area (Å²) in [6.45, 7) is 7.77. The Hall–Kier alpha value is -3.54. The number of aromatic nitrogens is 1. The summed E-state index contributed by atoms with van der Waals surface area (Å²) >= 11 is 0. The van der Waals surface area contributed by atoms with E-state index >= 15 is 0 Å². The Morgan fingerprint density at radius 2 is 1.74 bits per heavy atom. The van der Waals surface area contributed by atoms with Crippen molar-refractivity contribution in [1.29, 1.82) is 0 Å². The van der Waals surface area contributed by atoms with Crippen molar-refractivity contribution in [3.63, 3.8) is 0 Å². The van der Waals surface area contributed by atoms with Crippen LogP contribution in [0.5, 0.6) is 5.75 Å². The fraction of sp³-hybridized carbons (Fsp3) is 0.280. The number of nitrogens with one attached hydrogen (secondary N) is 2. The van der Waals surface area contributed by atoms with Gasteiger partial charge in [-0.3, -0.25) is 9.59 Å². The fourth-order valence-corrected chi connectivity index (χ4v) is 3.60. The minimum atomic E-state index is -0.174. The molecule has 0 atom stereocenters. The first-order valence-electron chi connectivity index (χ1n) is 10.3. The van der Waals surface area contributed by atoms with Gasteiger partial charge in [0.2, 0.25) is 5.91 Å². The maximum Gasteiger partial charge on any atom is 0.257 e. The Morgan fingerprint density at radius 3 is 2.39 bits per heavy atom. The first-order valence-corrected chi connectivity index (χ1v) is 10.3. The van der Waals surface area contributed by atoms with E-state index in [4.69, 9.17) is 4.74 Å². The lowest BCUT2D eigenvalue weighted by Gasteiger charge is -2.12. The van der Waals surface area contributed by atoms with E-state index in [2.05, 4.69) is 10.6 Å². The van der Waals surface area contributed by atoms with Crippen molar-refractivity contribution in [2.24, 2.45) is 0 Å². The lowest BCUT2D eigenvalue weighted by molar-refractivity contribution is -0.120. The van der Waals surface area contributed by atoms with Gasteiger partial charge < -0.3 is 19.9 Å². The number of aryl methyl sites for hydroxylation is 1. The van der Waals surface area contributed by atoms with Crippen LogP contribution >= 0.6 is 0 Å². The van der Waals surface area contributed by atoms with Crippen LogP contribution in [0.1, 0.15) is 41.2 Å². The summed E-state index contributed by atoms with van der Waals surface area (Å²) in [4.78, 5) is 24.8. The molecule has 3 aromatic rings. The Morgan fingerprint density at radius 1 is 1.03 bits per heavy atom. The van der Waals surface area contributed by atoms with Crippen LogP contribution in [0.2, 0.25) is 0 Å². The Bertz CT molecular complexity index is 1080. The van der Waals surface area contributed by atoms with Crippen LogP contribution in [0.15, 0.2) is 54.6 Å². The lowest BCUT2D eigenvalue weighted by atomic mass is 10.1. The van der Waals surface area contributed by atoms with E-state index < -0.39 is 0 Å². The highest BCUT2D eigenvalue weighted by Crippen LogP contribution is 2.24. The number of carbonyl (C=O) groups excluding carboxylic acids is 2. The quantitative estimate of drug-likeness (QED) is 0.595. The van der Waals surface area contributed by atoms with E-state index in [1.807, 2.05) is 86.9 Å². The standard InChI is InChI=1S/C25H29N3O3/c1-16(2)26-24(29)14-19-9-11-20(12-10-19)27-25(30)23-13-17(3)28(18(23)4)21-7-6-8-22(15-21)31-5/h6-13,15-16H,14H2,1-5H3,(H,26,29)(H,27,30). The second kappa shape index (κ2) is 9.51. The second-order valence-corrected chi connectivity index (χ2v) is 7.87. The number of ether oxygens (including phenoxy) is 1. The van der Waals surface area contributed by atoms with Gasteiger partial charge in [-0.1, -0.05) is 18.2 Å². The van der Waals surface area contributed by atoms with Crippen LogP contribution in [0, 0.1) is 13.8 Å². The summed E-state index contributed by atoms with van der Waals surface area (Å²) in [5, 5.41) is 5.82. The van der Waals surface area contributed by atoms with E-state index in [1.165, 1.54) is 0 Å². The molecule has 0 fully saturated rings. The molecule has 0 radical (unpaired) electrons. The maximum atomic E-state index is 12.9. The number of rotatable bonds is 7. The highest BCUT2D eigenvalue weighted by Gasteiger charge is 2.17. The molecule has 2 aromatic carbocycles. The van der Waals surface area contributed by atoms with Gasteiger partial charge in [0.05, 0.1) is 19.1 Å². The number of benzene rings is 2. The Kier molecular flexibility index (Phi) is 6.80. The van der Waals surface area contributed by atoms with Gasteiger partial charge in [-0.25, -0.2) is 0 Å². The molecule has 0 aliphatic carbocycles. The van der Waals surface area contributed by atoms with E-state index in [-0.39, 0.29) is 17.9 Å². The molecule has 0 saturated heterocycles. The molecule has 0 spiro atoms. The molecule has 6 heteroatoms. The summed E-state index contributed by atoms with van der Waals surface area (Å²) in [5.41, 5.74) is 4.95. The smallest absolute Gasteiger partial charge is 0.257 e. The van der Waals surface area contributed by atoms with Gasteiger partial charge in [0.1, 0.15) is 5.75 Å². The van der Waals surface area contributed by atoms with Gasteiger partial charge in [0, 0.05) is 34.9 Å². The molecule has 162 valence electrons. The predicted octanol–water partition coefficient (Wildman–Crippen LogP) is 4.42. The molecule has 0 aliphatic rings. The largest absolute Gasteiger partial charge is 0.497 e. The van der Waals surface area contributed by atoms with Gasteiger partial charge in [-0.2, -0.15) is 0 Å². The van der Waals surface area contributed by atoms with Crippen LogP contribution in [0.3, 0.4) is 0 Å². The SMILES string of the molecule is COc1cccc(-n2c(C)cc(C(=O)Nc3ccc(CC(=O)NC(C)C)cc3)c2C)c1. The molecule has 3 rings (SSSR count). The molecule has 0 saturated carbocycles. The van der Waals surface area contributed by atoms with E-state index in [9.17, 15) is 9.59 Å². The number of hydrogen-bond donors (Lipinski definition) is 2. The van der Waals surface area contributed by atoms with Gasteiger partial charge >= 0.3 is 0 Å². The van der Waals surface area contributed by atoms with E-state index in [1.54, 1.807) is 7.11 Å². The normalized spacial score (nSPS) is 10.8. The van der Waals surface area contributed by atoms with Crippen molar-refractivity contribution < 1.29 is 14.3 Å². The number of hydrogen-bond acceptors (Lipinski definition) is 3. The number of nitrogens with zero attached hydrogens (tertiary/aromatic N) is 1. The molecule has 2 amide bonds. The lowest BCUT2D eigenvalue weighted by Crippen LogP contribution is -2.31. The molecule has 0 aliphatic heterocycles. The van der Waals surface area contributed by atoms with Crippen molar-refractivity contribution in [3.8, 4) is 11.4 Å². The van der Waals surface area contributed by atoms with Gasteiger partial charge in [0.25, 0.3) is 5.91 Å². The van der Waals surface area contributed by atoms with Crippen molar-refractivity contribution >= 4 is 17.5 Å². The molecular formula is C25H29N3O3. The highest BCUT2D eigenvalue weighted by atomic mass is 16.5. The average Bonchev–Trinajstić information content (AvgIpc) is 3.03. The maximum absolute atomic E-state index is 12.9. The number of carbonyl (C=O) groups is 2. The zero-order valence-electron chi connectivity index (χ0n) is 18.7. The third kappa shape index (κ3) is 5.34. The average molecular weight is 420 g/mol. The summed E-state index contributed by atoms with van der Waals surface area (Å²) < 4.78 is 7.36. The summed E-state index contributed by atoms with van der Waals surface area (Å²) in [7, 11) is 1.63. The molecule has 1 aromatic heterocycles. The number of methoxy groups -OCH3 is 1. The van der Waals surface area contributed by atoms with Crippen molar-refractivity contribution in [1.82, 2.24) is 9.88 Å². The zero-order chi connectivity index (χ0) is 22.5. The third-order valence-electron chi connectivity index (χ3n) is 5.01. The van der Waals surface area contributed by atoms with Gasteiger partial charge in [-0.15, -0.1) is 0 Å².